The van der Waals surface area contributed by atoms with Crippen molar-refractivity contribution in [1.29, 1.82) is 0 Å². The maximum atomic E-state index is 3.97. The number of allylic oxidation sites excluding steroid dienone is 1. The van der Waals surface area contributed by atoms with Crippen LogP contribution in [-0.4, -0.2) is 24.7 Å². The van der Waals surface area contributed by atoms with Crippen molar-refractivity contribution < 1.29 is 0 Å². The van der Waals surface area contributed by atoms with Crippen molar-refractivity contribution in [2.45, 2.75) is 6.42 Å². The van der Waals surface area contributed by atoms with Gasteiger partial charge in [0.25, 0.3) is 0 Å². The molecule has 0 aromatic heterocycles. The van der Waals surface area contributed by atoms with Crippen molar-refractivity contribution in [3.05, 3.63) is 23.3 Å². The molecule has 0 spiro atoms. The second-order valence-corrected chi connectivity index (χ2v) is 3.80. The summed E-state index contributed by atoms with van der Waals surface area (Å²) < 4.78 is 0. The van der Waals surface area contributed by atoms with Crippen LogP contribution < -0.4 is 0 Å². The van der Waals surface area contributed by atoms with Gasteiger partial charge in [0.1, 0.15) is 0 Å². The number of hydrogen-bond donors (Lipinski definition) is 0. The molecule has 0 aromatic rings. The molecule has 1 saturated heterocycles. The topological polar surface area (TPSA) is 3.24 Å². The van der Waals surface area contributed by atoms with Gasteiger partial charge in [0.05, 0.1) is 0 Å². The Morgan fingerprint density at radius 1 is 1.60 bits per heavy atom. The summed E-state index contributed by atoms with van der Waals surface area (Å²) in [6, 6.07) is 0. The zero-order valence-corrected chi connectivity index (χ0v) is 7.37. The lowest BCUT2D eigenvalue weighted by Crippen LogP contribution is -2.01. The molecule has 1 aliphatic heterocycles. The van der Waals surface area contributed by atoms with Gasteiger partial charge in [-0.25, -0.2) is 0 Å². The summed E-state index contributed by atoms with van der Waals surface area (Å²) in [6.07, 6.45) is 3.30. The third kappa shape index (κ3) is 1.81. The highest BCUT2D eigenvalue weighted by molar-refractivity contribution is 8.03. The molecule has 1 nitrogen and oxygen atoms in total. The largest absolute Gasteiger partial charge is 0.383 e. The average Bonchev–Trinajstić information content (AvgIpc) is 2.15. The number of hydrogen-bond acceptors (Lipinski definition) is 2. The fourth-order valence-electron chi connectivity index (χ4n) is 0.873. The van der Waals surface area contributed by atoms with Crippen LogP contribution in [0.4, 0.5) is 0 Å². The summed E-state index contributed by atoms with van der Waals surface area (Å²) in [7, 11) is 4.08. The van der Waals surface area contributed by atoms with Crippen LogP contribution in [0.3, 0.4) is 0 Å². The zero-order valence-electron chi connectivity index (χ0n) is 6.55. The predicted octanol–water partition coefficient (Wildman–Crippen LogP) is 2.08. The minimum atomic E-state index is 1.16. The molecule has 0 saturated carbocycles. The smallest absolute Gasteiger partial charge is 0.0257 e. The molecule has 10 heavy (non-hydrogen) atoms. The van der Waals surface area contributed by atoms with Crippen LogP contribution in [0.2, 0.25) is 0 Å². The molecular formula is C8H13NS. The summed E-state index contributed by atoms with van der Waals surface area (Å²) >= 11 is 1.90. The van der Waals surface area contributed by atoms with E-state index in [1.807, 2.05) is 25.9 Å². The summed E-state index contributed by atoms with van der Waals surface area (Å²) in [4.78, 5) is 3.42. The second-order valence-electron chi connectivity index (χ2n) is 2.66. The molecule has 1 rings (SSSR count). The van der Waals surface area contributed by atoms with Gasteiger partial charge in [-0.15, -0.1) is 11.8 Å². The molecule has 1 aliphatic rings. The van der Waals surface area contributed by atoms with Crippen LogP contribution >= 0.6 is 11.8 Å². The van der Waals surface area contributed by atoms with Crippen LogP contribution in [0.5, 0.6) is 0 Å². The number of nitrogens with zero attached hydrogens (tertiary/aromatic N) is 1. The monoisotopic (exact) mass is 155 g/mol. The minimum absolute atomic E-state index is 1.16. The van der Waals surface area contributed by atoms with E-state index in [0.717, 1.165) is 6.42 Å². The van der Waals surface area contributed by atoms with E-state index >= 15 is 0 Å². The normalized spacial score (nSPS) is 22.2. The van der Waals surface area contributed by atoms with E-state index in [2.05, 4.69) is 17.7 Å². The van der Waals surface area contributed by atoms with Gasteiger partial charge >= 0.3 is 0 Å². The quantitative estimate of drug-likeness (QED) is 0.570. The first-order chi connectivity index (χ1) is 4.70. The van der Waals surface area contributed by atoms with Gasteiger partial charge in [-0.1, -0.05) is 6.58 Å². The van der Waals surface area contributed by atoms with E-state index in [1.165, 1.54) is 16.2 Å². The molecule has 0 atom stereocenters. The van der Waals surface area contributed by atoms with Gasteiger partial charge in [0.15, 0.2) is 0 Å². The van der Waals surface area contributed by atoms with Crippen LogP contribution in [-0.2, 0) is 0 Å². The molecule has 0 bridgehead atoms. The fourth-order valence-corrected chi connectivity index (χ4v) is 2.03. The van der Waals surface area contributed by atoms with E-state index in [9.17, 15) is 0 Å². The Labute approximate surface area is 66.8 Å². The first kappa shape index (κ1) is 7.73. The van der Waals surface area contributed by atoms with Crippen molar-refractivity contribution in [2.24, 2.45) is 0 Å². The van der Waals surface area contributed by atoms with Gasteiger partial charge in [0.2, 0.25) is 0 Å². The van der Waals surface area contributed by atoms with Crippen LogP contribution in [0.1, 0.15) is 6.42 Å². The Morgan fingerprint density at radius 2 is 2.30 bits per heavy atom. The average molecular weight is 155 g/mol. The molecule has 0 unspecified atom stereocenters. The first-order valence-corrected chi connectivity index (χ1v) is 4.38. The molecule has 2 heteroatoms. The molecule has 0 amide bonds. The highest BCUT2D eigenvalue weighted by Crippen LogP contribution is 2.34. The SMILES string of the molecule is C=C1CCS/C1=C/N(C)C. The number of rotatable bonds is 1. The first-order valence-electron chi connectivity index (χ1n) is 3.39. The molecule has 0 aliphatic carbocycles. The summed E-state index contributed by atoms with van der Waals surface area (Å²) in [6.45, 7) is 3.97. The fraction of sp³-hybridized carbons (Fsp3) is 0.500. The van der Waals surface area contributed by atoms with Crippen molar-refractivity contribution in [2.75, 3.05) is 19.8 Å². The van der Waals surface area contributed by atoms with E-state index in [-0.39, 0.29) is 0 Å². The van der Waals surface area contributed by atoms with Crippen LogP contribution in [0.15, 0.2) is 23.3 Å². The maximum Gasteiger partial charge on any atom is 0.0257 e. The van der Waals surface area contributed by atoms with Gasteiger partial charge in [-0.2, -0.15) is 0 Å². The molecule has 56 valence electrons. The van der Waals surface area contributed by atoms with E-state index < -0.39 is 0 Å². The Balaban J connectivity index is 2.62. The molecule has 1 fully saturated rings. The van der Waals surface area contributed by atoms with E-state index in [0.29, 0.717) is 0 Å². The van der Waals surface area contributed by atoms with Gasteiger partial charge in [0, 0.05) is 31.0 Å². The maximum absolute atomic E-state index is 3.97. The molecule has 0 radical (unpaired) electrons. The number of thioether (sulfide) groups is 1. The lowest BCUT2D eigenvalue weighted by atomic mass is 10.2. The third-order valence-corrected chi connectivity index (χ3v) is 2.50. The zero-order chi connectivity index (χ0) is 7.56. The van der Waals surface area contributed by atoms with Crippen molar-refractivity contribution in [3.8, 4) is 0 Å². The third-order valence-electron chi connectivity index (χ3n) is 1.39. The van der Waals surface area contributed by atoms with Crippen molar-refractivity contribution in [1.82, 2.24) is 4.90 Å². The minimum Gasteiger partial charge on any atom is -0.383 e. The predicted molar refractivity (Wildman–Crippen MR) is 48.0 cm³/mol. The van der Waals surface area contributed by atoms with Gasteiger partial charge < -0.3 is 4.90 Å². The van der Waals surface area contributed by atoms with Crippen molar-refractivity contribution >= 4 is 11.8 Å². The van der Waals surface area contributed by atoms with E-state index in [1.54, 1.807) is 0 Å². The van der Waals surface area contributed by atoms with Crippen LogP contribution in [0, 0.1) is 0 Å². The van der Waals surface area contributed by atoms with Gasteiger partial charge in [-0.05, 0) is 12.0 Å². The van der Waals surface area contributed by atoms with Crippen molar-refractivity contribution in [3.63, 3.8) is 0 Å². The standard InChI is InChI=1S/C8H13NS/c1-7-4-5-10-8(7)6-9(2)3/h6H,1,4-5H2,2-3H3/b8-6+. The Bertz CT molecular complexity index is 170. The lowest BCUT2D eigenvalue weighted by Gasteiger charge is -2.06. The Morgan fingerprint density at radius 3 is 2.70 bits per heavy atom. The summed E-state index contributed by atoms with van der Waals surface area (Å²) in [5.41, 5.74) is 1.29. The van der Waals surface area contributed by atoms with Gasteiger partial charge in [-0.3, -0.25) is 0 Å². The highest BCUT2D eigenvalue weighted by Gasteiger charge is 2.11. The summed E-state index contributed by atoms with van der Waals surface area (Å²) in [5, 5.41) is 0. The summed E-state index contributed by atoms with van der Waals surface area (Å²) in [5.74, 6) is 1.21. The van der Waals surface area contributed by atoms with Crippen LogP contribution in [0.25, 0.3) is 0 Å². The Kier molecular flexibility index (Phi) is 2.44. The Hall–Kier alpha value is -0.370. The molecule has 0 N–H and O–H groups in total. The molecule has 0 aromatic carbocycles. The molecular weight excluding hydrogens is 142 g/mol. The molecule has 1 heterocycles. The highest BCUT2D eigenvalue weighted by atomic mass is 32.2. The van der Waals surface area contributed by atoms with E-state index in [4.69, 9.17) is 0 Å². The lowest BCUT2D eigenvalue weighted by molar-refractivity contribution is 0.562. The second kappa shape index (κ2) is 3.15.